The van der Waals surface area contributed by atoms with Gasteiger partial charge in [-0.25, -0.2) is 4.68 Å². The van der Waals surface area contributed by atoms with Crippen molar-refractivity contribution in [1.82, 2.24) is 9.78 Å². The number of para-hydroxylation sites is 1. The van der Waals surface area contributed by atoms with Crippen molar-refractivity contribution < 1.29 is 0 Å². The predicted molar refractivity (Wildman–Crippen MR) is 134 cm³/mol. The largest absolute Gasteiger partial charge is 0.360 e. The number of hydrogen-bond donors (Lipinski definition) is 2. The minimum absolute atomic E-state index is 0.0775. The van der Waals surface area contributed by atoms with Crippen molar-refractivity contribution in [1.29, 1.82) is 0 Å². The van der Waals surface area contributed by atoms with E-state index in [1.165, 1.54) is 5.56 Å². The lowest BCUT2D eigenvalue weighted by Crippen LogP contribution is -2.35. The molecule has 0 unspecified atom stereocenters. The number of nitrogens with one attached hydrogen (secondary N) is 2. The lowest BCUT2D eigenvalue weighted by molar-refractivity contribution is 0.590. The number of anilines is 1. The van der Waals surface area contributed by atoms with Crippen molar-refractivity contribution in [2.24, 2.45) is 0 Å². The molecule has 2 N–H and O–H groups in total. The lowest BCUT2D eigenvalue weighted by atomic mass is 9.87. The van der Waals surface area contributed by atoms with E-state index in [0.717, 1.165) is 16.9 Å². The summed E-state index contributed by atoms with van der Waals surface area (Å²) in [5.41, 5.74) is 3.84. The third-order valence-electron chi connectivity index (χ3n) is 5.29. The Bertz CT molecular complexity index is 1380. The molecule has 0 aliphatic carbocycles. The minimum Gasteiger partial charge on any atom is -0.360 e. The van der Waals surface area contributed by atoms with Gasteiger partial charge in [-0.1, -0.05) is 74.8 Å². The number of aromatic amines is 1. The van der Waals surface area contributed by atoms with E-state index < -0.39 is 0 Å². The van der Waals surface area contributed by atoms with Crippen LogP contribution in [0.1, 0.15) is 31.9 Å². The molecular weight excluding hydrogens is 418 g/mol. The third-order valence-corrected chi connectivity index (χ3v) is 5.54. The van der Waals surface area contributed by atoms with Crippen LogP contribution in [0, 0.1) is 0 Å². The highest BCUT2D eigenvalue weighted by atomic mass is 35.5. The summed E-state index contributed by atoms with van der Waals surface area (Å²) in [5, 5.41) is 8.42. The zero-order chi connectivity index (χ0) is 22.7. The Morgan fingerprint density at radius 2 is 1.56 bits per heavy atom. The van der Waals surface area contributed by atoms with E-state index in [2.05, 4.69) is 55.5 Å². The van der Waals surface area contributed by atoms with Crippen molar-refractivity contribution in [2.45, 2.75) is 26.2 Å². The van der Waals surface area contributed by atoms with Gasteiger partial charge in [0.05, 0.1) is 16.3 Å². The van der Waals surface area contributed by atoms with Crippen LogP contribution in [0.2, 0.25) is 5.02 Å². The van der Waals surface area contributed by atoms with E-state index in [9.17, 15) is 4.79 Å². The summed E-state index contributed by atoms with van der Waals surface area (Å²) >= 11 is 5.98. The quantitative estimate of drug-likeness (QED) is 0.476. The van der Waals surface area contributed by atoms with Gasteiger partial charge in [-0.15, -0.1) is 0 Å². The van der Waals surface area contributed by atoms with Crippen LogP contribution in [-0.2, 0) is 5.41 Å². The van der Waals surface area contributed by atoms with E-state index in [1.807, 2.05) is 60.7 Å². The molecule has 0 amide bonds. The van der Waals surface area contributed by atoms with E-state index in [-0.39, 0.29) is 11.0 Å². The van der Waals surface area contributed by atoms with Gasteiger partial charge in [0.25, 0.3) is 5.56 Å². The Balaban J connectivity index is 1.83. The van der Waals surface area contributed by atoms with Crippen LogP contribution in [0.25, 0.3) is 18.0 Å². The number of H-pyrrole nitrogens is 1. The summed E-state index contributed by atoms with van der Waals surface area (Å²) in [6.45, 7) is 6.56. The zero-order valence-electron chi connectivity index (χ0n) is 18.4. The van der Waals surface area contributed by atoms with Crippen LogP contribution in [-0.4, -0.2) is 9.78 Å². The van der Waals surface area contributed by atoms with Gasteiger partial charge in [-0.05, 0) is 59.0 Å². The van der Waals surface area contributed by atoms with E-state index >= 15 is 0 Å². The topological polar surface area (TPSA) is 49.8 Å². The molecule has 1 heterocycles. The van der Waals surface area contributed by atoms with Crippen LogP contribution >= 0.6 is 11.6 Å². The Hall–Kier alpha value is -3.50. The minimum atomic E-state index is -0.111. The summed E-state index contributed by atoms with van der Waals surface area (Å²) in [6, 6.07) is 25.3. The first-order chi connectivity index (χ1) is 15.3. The summed E-state index contributed by atoms with van der Waals surface area (Å²) in [4.78, 5) is 13.3. The molecule has 4 nitrogen and oxygen atoms in total. The second kappa shape index (κ2) is 8.93. The van der Waals surface area contributed by atoms with Gasteiger partial charge in [-0.2, -0.15) is 0 Å². The fourth-order valence-corrected chi connectivity index (χ4v) is 3.55. The fraction of sp³-hybridized carbons (Fsp3) is 0.148. The molecular formula is C27H26ClN3O. The van der Waals surface area contributed by atoms with Gasteiger partial charge in [0.2, 0.25) is 0 Å². The predicted octanol–water partition coefficient (Wildman–Crippen LogP) is 4.80. The van der Waals surface area contributed by atoms with Crippen LogP contribution in [0.4, 0.5) is 5.69 Å². The maximum absolute atomic E-state index is 13.3. The monoisotopic (exact) mass is 443 g/mol. The maximum atomic E-state index is 13.3. The molecule has 32 heavy (non-hydrogen) atoms. The first kappa shape index (κ1) is 21.7. The highest BCUT2D eigenvalue weighted by molar-refractivity contribution is 6.30. The fourth-order valence-electron chi connectivity index (χ4n) is 3.42. The lowest BCUT2D eigenvalue weighted by Gasteiger charge is -2.18. The van der Waals surface area contributed by atoms with Crippen molar-refractivity contribution in [3.05, 3.63) is 116 Å². The van der Waals surface area contributed by atoms with Gasteiger partial charge >= 0.3 is 0 Å². The standard InChI is InChI=1S/C27H26ClN3O/c1-27(2,3)20-11-9-19(10-12-20)17-24-25(18-29-22-15-13-21(28)14-16-22)30-31(26(24)32)23-7-5-4-6-8-23/h4-18,29-30H,1-3H3/b24-17+,25-18-. The molecule has 5 heteroatoms. The third kappa shape index (κ3) is 4.87. The maximum Gasteiger partial charge on any atom is 0.279 e. The highest BCUT2D eigenvalue weighted by Gasteiger charge is 2.12. The van der Waals surface area contributed by atoms with Gasteiger partial charge in [-0.3, -0.25) is 9.89 Å². The molecule has 0 atom stereocenters. The van der Waals surface area contributed by atoms with Gasteiger partial charge in [0.1, 0.15) is 0 Å². The smallest absolute Gasteiger partial charge is 0.279 e. The van der Waals surface area contributed by atoms with E-state index in [0.29, 0.717) is 15.6 Å². The molecule has 4 aromatic rings. The van der Waals surface area contributed by atoms with Crippen LogP contribution in [0.15, 0.2) is 83.7 Å². The summed E-state index contributed by atoms with van der Waals surface area (Å²) in [7, 11) is 0. The van der Waals surface area contributed by atoms with Crippen molar-refractivity contribution >= 4 is 29.6 Å². The number of rotatable bonds is 4. The highest BCUT2D eigenvalue weighted by Crippen LogP contribution is 2.22. The first-order valence-corrected chi connectivity index (χ1v) is 10.9. The van der Waals surface area contributed by atoms with Crippen molar-refractivity contribution in [3.8, 4) is 5.69 Å². The van der Waals surface area contributed by atoms with Gasteiger partial charge in [0.15, 0.2) is 0 Å². The normalized spacial score (nSPS) is 12.9. The molecule has 0 fully saturated rings. The number of hydrogen-bond acceptors (Lipinski definition) is 2. The zero-order valence-corrected chi connectivity index (χ0v) is 19.1. The van der Waals surface area contributed by atoms with Crippen LogP contribution < -0.4 is 21.4 Å². The average molecular weight is 444 g/mol. The summed E-state index contributed by atoms with van der Waals surface area (Å²) < 4.78 is 1.56. The summed E-state index contributed by atoms with van der Waals surface area (Å²) in [6.07, 6.45) is 3.72. The molecule has 0 aliphatic rings. The molecule has 162 valence electrons. The molecule has 0 bridgehead atoms. The average Bonchev–Trinajstić information content (AvgIpc) is 3.09. The van der Waals surface area contributed by atoms with Gasteiger partial charge < -0.3 is 5.32 Å². The number of halogens is 1. The van der Waals surface area contributed by atoms with E-state index in [4.69, 9.17) is 11.6 Å². The SMILES string of the molecule is CC(C)(C)c1ccc(/C=c2/c(=O)n(-c3ccccc3)[nH]/c2=C\Nc2ccc(Cl)cc2)cc1. The molecule has 0 saturated heterocycles. The van der Waals surface area contributed by atoms with Crippen LogP contribution in [0.3, 0.4) is 0 Å². The van der Waals surface area contributed by atoms with Crippen molar-refractivity contribution in [2.75, 3.05) is 5.32 Å². The number of benzene rings is 3. The first-order valence-electron chi connectivity index (χ1n) is 10.5. The Labute approximate surface area is 192 Å². The Morgan fingerprint density at radius 3 is 2.19 bits per heavy atom. The molecule has 0 radical (unpaired) electrons. The molecule has 0 saturated carbocycles. The second-order valence-electron chi connectivity index (χ2n) is 8.73. The van der Waals surface area contributed by atoms with Crippen molar-refractivity contribution in [3.63, 3.8) is 0 Å². The Kier molecular flexibility index (Phi) is 6.06. The molecule has 0 spiro atoms. The number of aromatic nitrogens is 2. The molecule has 4 rings (SSSR count). The molecule has 1 aromatic heterocycles. The van der Waals surface area contributed by atoms with Gasteiger partial charge in [0, 0.05) is 16.9 Å². The molecule has 0 aliphatic heterocycles. The second-order valence-corrected chi connectivity index (χ2v) is 9.16. The molecule has 3 aromatic carbocycles. The van der Waals surface area contributed by atoms with E-state index in [1.54, 1.807) is 10.9 Å². The van der Waals surface area contributed by atoms with Crippen LogP contribution in [0.5, 0.6) is 0 Å². The Morgan fingerprint density at radius 1 is 0.906 bits per heavy atom. The number of nitrogens with zero attached hydrogens (tertiary/aromatic N) is 1. The summed E-state index contributed by atoms with van der Waals surface area (Å²) in [5.74, 6) is 0.